The average Bonchev–Trinajstić information content (AvgIpc) is 2.76. The quantitative estimate of drug-likeness (QED) is 0.619. The second kappa shape index (κ2) is 9.04. The molecule has 0 bridgehead atoms. The molecule has 0 aliphatic carbocycles. The normalized spacial score (nSPS) is 15.2. The Bertz CT molecular complexity index is 1070. The number of nitrogens with zero attached hydrogens (tertiary/aromatic N) is 1. The molecule has 1 atom stereocenters. The van der Waals surface area contributed by atoms with Crippen molar-refractivity contribution < 1.29 is 14.3 Å². The van der Waals surface area contributed by atoms with Crippen molar-refractivity contribution in [2.24, 2.45) is 0 Å². The highest BCUT2D eigenvalue weighted by Gasteiger charge is 2.30. The number of hydrogen-bond donors (Lipinski definition) is 1. The van der Waals surface area contributed by atoms with Crippen molar-refractivity contribution in [1.29, 1.82) is 0 Å². The summed E-state index contributed by atoms with van der Waals surface area (Å²) in [5.74, 6) is 1.33. The van der Waals surface area contributed by atoms with Crippen LogP contribution in [0.25, 0.3) is 0 Å². The minimum atomic E-state index is -0.244. The molecule has 0 saturated carbocycles. The Morgan fingerprint density at radius 1 is 0.968 bits per heavy atom. The van der Waals surface area contributed by atoms with Gasteiger partial charge in [0.1, 0.15) is 11.5 Å². The molecule has 1 heterocycles. The fraction of sp³-hybridized carbons (Fsp3) is 0.231. The molecule has 0 fully saturated rings. The van der Waals surface area contributed by atoms with E-state index < -0.39 is 0 Å². The summed E-state index contributed by atoms with van der Waals surface area (Å²) < 4.78 is 5.84. The van der Waals surface area contributed by atoms with Gasteiger partial charge in [-0.25, -0.2) is 0 Å². The van der Waals surface area contributed by atoms with Crippen molar-refractivity contribution in [3.8, 4) is 11.5 Å². The van der Waals surface area contributed by atoms with Crippen LogP contribution in [-0.2, 0) is 16.0 Å². The van der Waals surface area contributed by atoms with Crippen LogP contribution < -0.4 is 10.1 Å². The summed E-state index contributed by atoms with van der Waals surface area (Å²) in [4.78, 5) is 26.7. The van der Waals surface area contributed by atoms with Crippen LogP contribution >= 0.6 is 0 Å². The molecule has 158 valence electrons. The zero-order chi connectivity index (χ0) is 21.8. The average molecular weight is 415 g/mol. The smallest absolute Gasteiger partial charge is 0.226 e. The summed E-state index contributed by atoms with van der Waals surface area (Å²) in [7, 11) is 0. The lowest BCUT2D eigenvalue weighted by molar-refractivity contribution is -0.132. The maximum atomic E-state index is 12.8. The predicted octanol–water partition coefficient (Wildman–Crippen LogP) is 5.26. The Morgan fingerprint density at radius 3 is 2.29 bits per heavy atom. The molecule has 1 aliphatic heterocycles. The third-order valence-corrected chi connectivity index (χ3v) is 5.59. The number of hydrogen-bond acceptors (Lipinski definition) is 3. The molecule has 0 saturated heterocycles. The van der Waals surface area contributed by atoms with Crippen molar-refractivity contribution in [2.75, 3.05) is 11.9 Å². The summed E-state index contributed by atoms with van der Waals surface area (Å²) in [6.07, 6.45) is 1.04. The lowest BCUT2D eigenvalue weighted by Crippen LogP contribution is -2.40. The van der Waals surface area contributed by atoms with Gasteiger partial charge >= 0.3 is 0 Å². The summed E-state index contributed by atoms with van der Waals surface area (Å²) in [6, 6.07) is 22.9. The summed E-state index contributed by atoms with van der Waals surface area (Å²) in [5.41, 5.74) is 4.13. The number of nitrogens with one attached hydrogen (secondary N) is 1. The molecular weight excluding hydrogens is 388 g/mol. The van der Waals surface area contributed by atoms with E-state index >= 15 is 0 Å². The fourth-order valence-corrected chi connectivity index (χ4v) is 3.98. The molecule has 3 aromatic carbocycles. The summed E-state index contributed by atoms with van der Waals surface area (Å²) in [5, 5.41) is 2.95. The highest BCUT2D eigenvalue weighted by atomic mass is 16.5. The first-order valence-electron chi connectivity index (χ1n) is 10.5. The first-order valence-corrected chi connectivity index (χ1v) is 10.5. The molecule has 5 nitrogen and oxygen atoms in total. The Kier molecular flexibility index (Phi) is 6.03. The van der Waals surface area contributed by atoms with E-state index in [1.165, 1.54) is 11.1 Å². The highest BCUT2D eigenvalue weighted by molar-refractivity contribution is 5.91. The zero-order valence-corrected chi connectivity index (χ0v) is 17.8. The van der Waals surface area contributed by atoms with Crippen LogP contribution in [0.1, 0.15) is 36.1 Å². The van der Waals surface area contributed by atoms with E-state index in [1.54, 1.807) is 11.8 Å². The molecule has 1 N–H and O–H groups in total. The Morgan fingerprint density at radius 2 is 1.61 bits per heavy atom. The van der Waals surface area contributed by atoms with Crippen LogP contribution in [0.2, 0.25) is 0 Å². The largest absolute Gasteiger partial charge is 0.457 e. The number of amides is 2. The van der Waals surface area contributed by atoms with E-state index in [-0.39, 0.29) is 24.3 Å². The molecular formula is C26H26N2O3. The van der Waals surface area contributed by atoms with Crippen molar-refractivity contribution in [3.63, 3.8) is 0 Å². The van der Waals surface area contributed by atoms with Crippen LogP contribution in [0.15, 0.2) is 72.8 Å². The number of fused-ring (bicyclic) bond motifs is 1. The van der Waals surface area contributed by atoms with Crippen LogP contribution in [0.4, 0.5) is 5.69 Å². The highest BCUT2D eigenvalue weighted by Crippen LogP contribution is 2.32. The van der Waals surface area contributed by atoms with Crippen LogP contribution in [-0.4, -0.2) is 23.3 Å². The van der Waals surface area contributed by atoms with Gasteiger partial charge in [0.15, 0.2) is 0 Å². The van der Waals surface area contributed by atoms with E-state index in [2.05, 4.69) is 11.4 Å². The molecule has 0 radical (unpaired) electrons. The molecule has 3 aromatic rings. The van der Waals surface area contributed by atoms with E-state index in [0.717, 1.165) is 17.7 Å². The van der Waals surface area contributed by atoms with E-state index in [9.17, 15) is 9.59 Å². The van der Waals surface area contributed by atoms with Gasteiger partial charge in [-0.2, -0.15) is 0 Å². The number of rotatable bonds is 5. The molecule has 5 heteroatoms. The standard InChI is InChI=1S/C26H26N2O3/c1-18-7-11-22(12-8-18)31-23-13-9-21(10-14-23)27-26(30)17-25-24-6-4-3-5-20(24)15-16-28(25)19(2)29/h3-14,25H,15-17H2,1-2H3,(H,27,30). The maximum Gasteiger partial charge on any atom is 0.226 e. The SMILES string of the molecule is CC(=O)N1CCc2ccccc2C1CC(=O)Nc1ccc(Oc2ccc(C)cc2)cc1. The van der Waals surface area contributed by atoms with Gasteiger partial charge in [0.05, 0.1) is 12.5 Å². The van der Waals surface area contributed by atoms with Gasteiger partial charge in [-0.05, 0) is 60.9 Å². The predicted molar refractivity (Wildman–Crippen MR) is 121 cm³/mol. The Hall–Kier alpha value is -3.60. The van der Waals surface area contributed by atoms with E-state index in [4.69, 9.17) is 4.74 Å². The van der Waals surface area contributed by atoms with Crippen LogP contribution in [0, 0.1) is 6.92 Å². The second-order valence-electron chi connectivity index (χ2n) is 7.87. The number of anilines is 1. The topological polar surface area (TPSA) is 58.6 Å². The van der Waals surface area contributed by atoms with Crippen molar-refractivity contribution >= 4 is 17.5 Å². The second-order valence-corrected chi connectivity index (χ2v) is 7.87. The molecule has 0 spiro atoms. The lowest BCUT2D eigenvalue weighted by atomic mass is 9.90. The van der Waals surface area contributed by atoms with Crippen LogP contribution in [0.5, 0.6) is 11.5 Å². The van der Waals surface area contributed by atoms with E-state index in [0.29, 0.717) is 18.0 Å². The maximum absolute atomic E-state index is 12.8. The van der Waals surface area contributed by atoms with Crippen molar-refractivity contribution in [3.05, 3.63) is 89.5 Å². The number of carbonyl (C=O) groups is 2. The van der Waals surface area contributed by atoms with Gasteiger partial charge in [-0.15, -0.1) is 0 Å². The number of aryl methyl sites for hydroxylation is 1. The van der Waals surface area contributed by atoms with Gasteiger partial charge < -0.3 is 15.0 Å². The molecule has 4 rings (SSSR count). The minimum Gasteiger partial charge on any atom is -0.457 e. The lowest BCUT2D eigenvalue weighted by Gasteiger charge is -2.36. The Labute approximate surface area is 182 Å². The number of benzene rings is 3. The molecule has 31 heavy (non-hydrogen) atoms. The minimum absolute atomic E-state index is 0.00934. The molecule has 1 unspecified atom stereocenters. The molecule has 1 aliphatic rings. The third kappa shape index (κ3) is 4.94. The van der Waals surface area contributed by atoms with Crippen LogP contribution in [0.3, 0.4) is 0 Å². The van der Waals surface area contributed by atoms with Gasteiger partial charge in [0.25, 0.3) is 0 Å². The monoisotopic (exact) mass is 414 g/mol. The first kappa shape index (κ1) is 20.7. The zero-order valence-electron chi connectivity index (χ0n) is 17.8. The molecule has 0 aromatic heterocycles. The number of ether oxygens (including phenoxy) is 1. The summed E-state index contributed by atoms with van der Waals surface area (Å²) in [6.45, 7) is 4.23. The number of carbonyl (C=O) groups excluding carboxylic acids is 2. The summed E-state index contributed by atoms with van der Waals surface area (Å²) >= 11 is 0. The van der Waals surface area contributed by atoms with Gasteiger partial charge in [0, 0.05) is 19.2 Å². The molecule has 2 amide bonds. The van der Waals surface area contributed by atoms with Gasteiger partial charge in [-0.1, -0.05) is 42.0 Å². The van der Waals surface area contributed by atoms with Gasteiger partial charge in [-0.3, -0.25) is 9.59 Å². The van der Waals surface area contributed by atoms with Crippen molar-refractivity contribution in [1.82, 2.24) is 4.90 Å². The van der Waals surface area contributed by atoms with E-state index in [1.807, 2.05) is 73.7 Å². The first-order chi connectivity index (χ1) is 15.0. The van der Waals surface area contributed by atoms with Gasteiger partial charge in [0.2, 0.25) is 11.8 Å². The van der Waals surface area contributed by atoms with Crippen molar-refractivity contribution in [2.45, 2.75) is 32.7 Å². The fourth-order valence-electron chi connectivity index (χ4n) is 3.98. The third-order valence-electron chi connectivity index (χ3n) is 5.59. The Balaban J connectivity index is 1.42.